The molecule has 0 radical (unpaired) electrons. The van der Waals surface area contributed by atoms with Crippen molar-refractivity contribution >= 4 is 0 Å². The van der Waals surface area contributed by atoms with Crippen LogP contribution in [0.2, 0.25) is 0 Å². The van der Waals surface area contributed by atoms with Gasteiger partial charge in [-0.25, -0.2) is 4.98 Å². The minimum atomic E-state index is 0.350. The van der Waals surface area contributed by atoms with Crippen LogP contribution >= 0.6 is 0 Å². The fourth-order valence-electron chi connectivity index (χ4n) is 3.60. The minimum absolute atomic E-state index is 0.350. The molecule has 0 aliphatic carbocycles. The number of nitrogens with one attached hydrogen (secondary N) is 1. The highest BCUT2D eigenvalue weighted by Crippen LogP contribution is 2.27. The third kappa shape index (κ3) is 2.31. The smallest absolute Gasteiger partial charge is 0.125 e. The molecular formula is C14H24N4. The number of aryl methyl sites for hydroxylation is 1. The first kappa shape index (κ1) is 12.2. The monoisotopic (exact) mass is 248 g/mol. The van der Waals surface area contributed by atoms with Crippen LogP contribution in [0.1, 0.15) is 44.5 Å². The largest absolute Gasteiger partial charge is 0.337 e. The first-order valence-electron chi connectivity index (χ1n) is 7.21. The lowest BCUT2D eigenvalue weighted by Crippen LogP contribution is -2.46. The standard InChI is InChI=1S/C14H24N4/c1-11(14-15-6-9-17(14)2)16-12-5-8-18-7-3-4-13(18)10-12/h6,9,11-13,16H,3-5,7-8,10H2,1-2H3. The SMILES string of the molecule is CC(NC1CCN2CCCC2C1)c1nccn1C. The molecule has 4 nitrogen and oxygen atoms in total. The van der Waals surface area contributed by atoms with E-state index in [1.807, 2.05) is 12.4 Å². The van der Waals surface area contributed by atoms with Gasteiger partial charge in [-0.1, -0.05) is 0 Å². The third-order valence-electron chi connectivity index (χ3n) is 4.55. The molecule has 1 aromatic heterocycles. The Kier molecular flexibility index (Phi) is 3.39. The number of nitrogens with zero attached hydrogens (tertiary/aromatic N) is 3. The first-order chi connectivity index (χ1) is 8.74. The summed E-state index contributed by atoms with van der Waals surface area (Å²) in [6.07, 6.45) is 9.29. The van der Waals surface area contributed by atoms with Crippen LogP contribution in [0.3, 0.4) is 0 Å². The van der Waals surface area contributed by atoms with E-state index in [1.54, 1.807) is 0 Å². The topological polar surface area (TPSA) is 33.1 Å². The van der Waals surface area contributed by atoms with Crippen LogP contribution in [-0.4, -0.2) is 39.6 Å². The fourth-order valence-corrected chi connectivity index (χ4v) is 3.60. The van der Waals surface area contributed by atoms with E-state index in [0.29, 0.717) is 12.1 Å². The lowest BCUT2D eigenvalue weighted by Gasteiger charge is -2.36. The lowest BCUT2D eigenvalue weighted by molar-refractivity contribution is 0.161. The molecule has 0 spiro atoms. The molecular weight excluding hydrogens is 224 g/mol. The zero-order chi connectivity index (χ0) is 12.5. The van der Waals surface area contributed by atoms with Crippen molar-refractivity contribution in [3.05, 3.63) is 18.2 Å². The van der Waals surface area contributed by atoms with Gasteiger partial charge >= 0.3 is 0 Å². The summed E-state index contributed by atoms with van der Waals surface area (Å²) >= 11 is 0. The maximum Gasteiger partial charge on any atom is 0.125 e. The van der Waals surface area contributed by atoms with Crippen molar-refractivity contribution in [3.8, 4) is 0 Å². The van der Waals surface area contributed by atoms with E-state index < -0.39 is 0 Å². The van der Waals surface area contributed by atoms with Crippen LogP contribution < -0.4 is 5.32 Å². The summed E-state index contributed by atoms with van der Waals surface area (Å²) in [5, 5.41) is 3.76. The summed E-state index contributed by atoms with van der Waals surface area (Å²) in [7, 11) is 2.07. The Morgan fingerprint density at radius 2 is 2.28 bits per heavy atom. The molecule has 3 heterocycles. The van der Waals surface area contributed by atoms with E-state index in [0.717, 1.165) is 11.9 Å². The van der Waals surface area contributed by atoms with Crippen LogP contribution in [0, 0.1) is 0 Å². The Labute approximate surface area is 109 Å². The van der Waals surface area contributed by atoms with Gasteiger partial charge in [0.15, 0.2) is 0 Å². The maximum absolute atomic E-state index is 4.44. The van der Waals surface area contributed by atoms with Crippen molar-refractivity contribution in [2.75, 3.05) is 13.1 Å². The summed E-state index contributed by atoms with van der Waals surface area (Å²) < 4.78 is 2.11. The van der Waals surface area contributed by atoms with Crippen molar-refractivity contribution < 1.29 is 0 Å². The lowest BCUT2D eigenvalue weighted by atomic mass is 9.97. The van der Waals surface area contributed by atoms with Crippen LogP contribution in [0.4, 0.5) is 0 Å². The zero-order valence-electron chi connectivity index (χ0n) is 11.5. The number of hydrogen-bond donors (Lipinski definition) is 1. The Balaban J connectivity index is 1.58. The second-order valence-electron chi connectivity index (χ2n) is 5.84. The molecule has 0 amide bonds. The molecule has 1 N–H and O–H groups in total. The van der Waals surface area contributed by atoms with Gasteiger partial charge in [0.1, 0.15) is 5.82 Å². The summed E-state index contributed by atoms with van der Waals surface area (Å²) in [6, 6.07) is 1.85. The molecule has 0 aromatic carbocycles. The minimum Gasteiger partial charge on any atom is -0.337 e. The summed E-state index contributed by atoms with van der Waals surface area (Å²) in [5.74, 6) is 1.14. The van der Waals surface area contributed by atoms with E-state index in [-0.39, 0.29) is 0 Å². The third-order valence-corrected chi connectivity index (χ3v) is 4.55. The number of imidazole rings is 1. The highest BCUT2D eigenvalue weighted by molar-refractivity contribution is 4.99. The maximum atomic E-state index is 4.44. The van der Waals surface area contributed by atoms with E-state index in [9.17, 15) is 0 Å². The average molecular weight is 248 g/mol. The van der Waals surface area contributed by atoms with Crippen molar-refractivity contribution in [3.63, 3.8) is 0 Å². The second-order valence-corrected chi connectivity index (χ2v) is 5.84. The Morgan fingerprint density at radius 1 is 1.39 bits per heavy atom. The second kappa shape index (κ2) is 5.02. The molecule has 100 valence electrons. The van der Waals surface area contributed by atoms with E-state index in [1.165, 1.54) is 38.8 Å². The number of aromatic nitrogens is 2. The molecule has 3 rings (SSSR count). The number of rotatable bonds is 3. The normalized spacial score (nSPS) is 30.3. The molecule has 0 saturated carbocycles. The summed E-state index contributed by atoms with van der Waals surface area (Å²) in [4.78, 5) is 7.11. The van der Waals surface area contributed by atoms with Gasteiger partial charge < -0.3 is 14.8 Å². The summed E-state index contributed by atoms with van der Waals surface area (Å²) in [6.45, 7) is 4.82. The number of piperidine rings is 1. The van der Waals surface area contributed by atoms with Crippen molar-refractivity contribution in [1.29, 1.82) is 0 Å². The molecule has 3 unspecified atom stereocenters. The average Bonchev–Trinajstić information content (AvgIpc) is 2.96. The highest BCUT2D eigenvalue weighted by Gasteiger charge is 2.32. The van der Waals surface area contributed by atoms with Crippen molar-refractivity contribution in [2.45, 2.75) is 50.7 Å². The molecule has 4 heteroatoms. The van der Waals surface area contributed by atoms with E-state index in [2.05, 4.69) is 33.7 Å². The molecule has 2 aliphatic heterocycles. The highest BCUT2D eigenvalue weighted by atomic mass is 15.2. The van der Waals surface area contributed by atoms with Gasteiger partial charge in [-0.15, -0.1) is 0 Å². The molecule has 3 atom stereocenters. The zero-order valence-corrected chi connectivity index (χ0v) is 11.5. The van der Waals surface area contributed by atoms with Gasteiger partial charge in [0.2, 0.25) is 0 Å². The van der Waals surface area contributed by atoms with Gasteiger partial charge in [0.05, 0.1) is 6.04 Å². The predicted octanol–water partition coefficient (Wildman–Crippen LogP) is 1.70. The Morgan fingerprint density at radius 3 is 3.06 bits per heavy atom. The van der Waals surface area contributed by atoms with E-state index in [4.69, 9.17) is 0 Å². The quantitative estimate of drug-likeness (QED) is 0.884. The van der Waals surface area contributed by atoms with Gasteiger partial charge in [-0.05, 0) is 45.7 Å². The van der Waals surface area contributed by atoms with Crippen LogP contribution in [0.5, 0.6) is 0 Å². The molecule has 1 aromatic rings. The fraction of sp³-hybridized carbons (Fsp3) is 0.786. The first-order valence-corrected chi connectivity index (χ1v) is 7.21. The number of hydrogen-bond acceptors (Lipinski definition) is 3. The van der Waals surface area contributed by atoms with Crippen LogP contribution in [-0.2, 0) is 7.05 Å². The van der Waals surface area contributed by atoms with Crippen LogP contribution in [0.25, 0.3) is 0 Å². The van der Waals surface area contributed by atoms with Crippen molar-refractivity contribution in [1.82, 2.24) is 19.8 Å². The van der Waals surface area contributed by atoms with E-state index >= 15 is 0 Å². The van der Waals surface area contributed by atoms with Gasteiger partial charge in [-0.2, -0.15) is 0 Å². The molecule has 2 fully saturated rings. The Hall–Kier alpha value is -0.870. The molecule has 2 aliphatic rings. The van der Waals surface area contributed by atoms with Gasteiger partial charge in [-0.3, -0.25) is 0 Å². The van der Waals surface area contributed by atoms with Crippen molar-refractivity contribution in [2.24, 2.45) is 7.05 Å². The van der Waals surface area contributed by atoms with Crippen LogP contribution in [0.15, 0.2) is 12.4 Å². The van der Waals surface area contributed by atoms with Gasteiger partial charge in [0, 0.05) is 31.5 Å². The molecule has 2 saturated heterocycles. The Bertz CT molecular complexity index is 400. The van der Waals surface area contributed by atoms with Gasteiger partial charge in [0.25, 0.3) is 0 Å². The molecule has 0 bridgehead atoms. The number of fused-ring (bicyclic) bond motifs is 1. The molecule has 18 heavy (non-hydrogen) atoms. The predicted molar refractivity (Wildman–Crippen MR) is 72.4 cm³/mol. The summed E-state index contributed by atoms with van der Waals surface area (Å²) in [5.41, 5.74) is 0.